The van der Waals surface area contributed by atoms with E-state index in [2.05, 4.69) is 58.4 Å². The van der Waals surface area contributed by atoms with Crippen molar-refractivity contribution in [3.05, 3.63) is 114 Å². The molecule has 1 fully saturated rings. The normalized spacial score (nSPS) is 13.8. The number of carbonyl (C=O) groups excluding carboxylic acids is 1. The molecule has 0 bridgehead atoms. The predicted octanol–water partition coefficient (Wildman–Crippen LogP) is 7.09. The summed E-state index contributed by atoms with van der Waals surface area (Å²) in [5, 5.41) is 11.8. The highest BCUT2D eigenvalue weighted by molar-refractivity contribution is 6.06. The summed E-state index contributed by atoms with van der Waals surface area (Å²) < 4.78 is 17.9. The lowest BCUT2D eigenvalue weighted by atomic mass is 10.0. The number of carboxylic acids is 1. The second kappa shape index (κ2) is 17.2. The Hall–Kier alpha value is -5.02. The van der Waals surface area contributed by atoms with E-state index in [1.54, 1.807) is 31.4 Å². The van der Waals surface area contributed by atoms with E-state index in [0.717, 1.165) is 68.3 Å². The van der Waals surface area contributed by atoms with Gasteiger partial charge in [-0.1, -0.05) is 55.5 Å². The van der Waals surface area contributed by atoms with Crippen molar-refractivity contribution in [3.63, 3.8) is 0 Å². The number of benzene rings is 4. The van der Waals surface area contributed by atoms with Gasteiger partial charge in [-0.15, -0.1) is 0 Å². The quantitative estimate of drug-likeness (QED) is 0.124. The van der Waals surface area contributed by atoms with Crippen molar-refractivity contribution in [2.24, 2.45) is 0 Å². The van der Waals surface area contributed by atoms with Crippen LogP contribution in [0.1, 0.15) is 53.8 Å². The van der Waals surface area contributed by atoms with E-state index in [1.165, 1.54) is 5.56 Å². The minimum atomic E-state index is -0.878. The molecule has 1 saturated heterocycles. The Balaban J connectivity index is 1.19. The molecule has 48 heavy (non-hydrogen) atoms. The number of amides is 1. The number of piperazine rings is 1. The first-order valence-corrected chi connectivity index (χ1v) is 16.6. The lowest BCUT2D eigenvalue weighted by Gasteiger charge is -2.37. The number of anilines is 2. The number of para-hydroxylation sites is 3. The molecule has 0 aromatic heterocycles. The summed E-state index contributed by atoms with van der Waals surface area (Å²) in [6, 6.07) is 31.2. The van der Waals surface area contributed by atoms with Crippen LogP contribution in [0.15, 0.2) is 97.1 Å². The largest absolute Gasteiger partial charge is 0.495 e. The smallest absolute Gasteiger partial charge is 0.303 e. The molecular formula is C39H45N3O6. The number of hydrogen-bond donors (Lipinski definition) is 2. The Morgan fingerprint density at radius 2 is 1.54 bits per heavy atom. The van der Waals surface area contributed by atoms with Crippen LogP contribution in [0.5, 0.6) is 17.2 Å². The highest BCUT2D eigenvalue weighted by Gasteiger charge is 2.22. The maximum absolute atomic E-state index is 13.1. The zero-order chi connectivity index (χ0) is 33.7. The van der Waals surface area contributed by atoms with Gasteiger partial charge in [0.05, 0.1) is 25.0 Å². The van der Waals surface area contributed by atoms with Crippen LogP contribution >= 0.6 is 0 Å². The number of aliphatic carboxylic acids is 1. The van der Waals surface area contributed by atoms with Gasteiger partial charge in [0.2, 0.25) is 0 Å². The summed E-state index contributed by atoms with van der Waals surface area (Å²) in [4.78, 5) is 28.8. The highest BCUT2D eigenvalue weighted by atomic mass is 16.5. The lowest BCUT2D eigenvalue weighted by molar-refractivity contribution is -0.137. The van der Waals surface area contributed by atoms with Crippen LogP contribution in [-0.2, 0) is 11.2 Å². The van der Waals surface area contributed by atoms with Crippen LogP contribution < -0.4 is 24.4 Å². The molecule has 1 unspecified atom stereocenters. The second-order valence-electron chi connectivity index (χ2n) is 11.8. The zero-order valence-corrected chi connectivity index (χ0v) is 27.8. The van der Waals surface area contributed by atoms with E-state index in [-0.39, 0.29) is 25.0 Å². The van der Waals surface area contributed by atoms with Crippen molar-refractivity contribution in [2.45, 2.75) is 38.7 Å². The molecule has 4 aromatic rings. The summed E-state index contributed by atoms with van der Waals surface area (Å²) in [7, 11) is 1.72. The minimum Gasteiger partial charge on any atom is -0.495 e. The molecule has 9 nitrogen and oxygen atoms in total. The molecule has 0 spiro atoms. The third kappa shape index (κ3) is 9.51. The summed E-state index contributed by atoms with van der Waals surface area (Å²) in [5.74, 6) is 0.859. The third-order valence-electron chi connectivity index (χ3n) is 8.58. The van der Waals surface area contributed by atoms with E-state index in [4.69, 9.17) is 19.3 Å². The SMILES string of the molecule is CCc1ccc(C(CCN2CCN(c3ccccc3OC)CC2)Oc2ccc(NC(=O)c3ccccc3OCCCC(=O)O)cc2)cc1. The topological polar surface area (TPSA) is 101 Å². The monoisotopic (exact) mass is 651 g/mol. The molecule has 9 heteroatoms. The predicted molar refractivity (Wildman–Crippen MR) is 189 cm³/mol. The van der Waals surface area contributed by atoms with E-state index >= 15 is 0 Å². The van der Waals surface area contributed by atoms with E-state index in [1.807, 2.05) is 36.4 Å². The fourth-order valence-corrected chi connectivity index (χ4v) is 5.83. The summed E-state index contributed by atoms with van der Waals surface area (Å²) in [6.45, 7) is 7.07. The molecule has 1 aliphatic rings. The first-order chi connectivity index (χ1) is 23.4. The summed E-state index contributed by atoms with van der Waals surface area (Å²) in [6.07, 6.45) is 2.05. The van der Waals surface area contributed by atoms with Gasteiger partial charge in [0, 0.05) is 51.3 Å². The summed E-state index contributed by atoms with van der Waals surface area (Å²) >= 11 is 0. The Morgan fingerprint density at radius 1 is 0.854 bits per heavy atom. The van der Waals surface area contributed by atoms with Crippen LogP contribution in [0.2, 0.25) is 0 Å². The summed E-state index contributed by atoms with van der Waals surface area (Å²) in [5.41, 5.74) is 4.58. The molecule has 1 aliphatic heterocycles. The average molecular weight is 652 g/mol. The first kappa shape index (κ1) is 34.3. The van der Waals surface area contributed by atoms with Crippen molar-refractivity contribution in [1.82, 2.24) is 4.90 Å². The molecule has 252 valence electrons. The number of hydrogen-bond acceptors (Lipinski definition) is 7. The molecule has 1 atom stereocenters. The standard InChI is InChI=1S/C39H45N3O6/c1-3-29-14-16-30(17-15-29)35(22-23-41-24-26-42(27-25-41)34-10-5-7-12-37(34)46-2)48-32-20-18-31(19-21-32)40-39(45)33-9-4-6-11-36(33)47-28-8-13-38(43)44/h4-7,9-12,14-21,35H,3,8,13,22-28H2,1-2H3,(H,40,45)(H,43,44). The number of nitrogens with one attached hydrogen (secondary N) is 1. The Labute approximate surface area is 283 Å². The molecule has 1 amide bonds. The van der Waals surface area contributed by atoms with Crippen LogP contribution in [0, 0.1) is 0 Å². The van der Waals surface area contributed by atoms with Gasteiger partial charge in [0.1, 0.15) is 23.4 Å². The van der Waals surface area contributed by atoms with E-state index < -0.39 is 5.97 Å². The van der Waals surface area contributed by atoms with Crippen LogP contribution in [-0.4, -0.2) is 68.3 Å². The first-order valence-electron chi connectivity index (χ1n) is 16.6. The molecule has 1 heterocycles. The van der Waals surface area contributed by atoms with Crippen molar-refractivity contribution in [1.29, 1.82) is 0 Å². The highest BCUT2D eigenvalue weighted by Crippen LogP contribution is 2.30. The van der Waals surface area contributed by atoms with Gasteiger partial charge >= 0.3 is 5.97 Å². The number of carbonyl (C=O) groups is 2. The van der Waals surface area contributed by atoms with Crippen LogP contribution in [0.25, 0.3) is 0 Å². The van der Waals surface area contributed by atoms with Crippen LogP contribution in [0.3, 0.4) is 0 Å². The Bertz CT molecular complexity index is 1620. The Kier molecular flexibility index (Phi) is 12.3. The fraction of sp³-hybridized carbons (Fsp3) is 0.333. The van der Waals surface area contributed by atoms with Crippen molar-refractivity contribution in [3.8, 4) is 17.2 Å². The third-order valence-corrected chi connectivity index (χ3v) is 8.58. The van der Waals surface area contributed by atoms with Gasteiger partial charge in [-0.2, -0.15) is 0 Å². The maximum atomic E-state index is 13.1. The molecule has 2 N–H and O–H groups in total. The Morgan fingerprint density at radius 3 is 2.23 bits per heavy atom. The number of rotatable bonds is 16. The zero-order valence-electron chi connectivity index (χ0n) is 27.8. The van der Waals surface area contributed by atoms with Gasteiger partial charge in [0.15, 0.2) is 0 Å². The average Bonchev–Trinajstić information content (AvgIpc) is 3.13. The van der Waals surface area contributed by atoms with Gasteiger partial charge < -0.3 is 29.5 Å². The van der Waals surface area contributed by atoms with Gasteiger partial charge in [0.25, 0.3) is 5.91 Å². The fourth-order valence-electron chi connectivity index (χ4n) is 5.83. The number of ether oxygens (including phenoxy) is 3. The second-order valence-corrected chi connectivity index (χ2v) is 11.8. The van der Waals surface area contributed by atoms with E-state index in [9.17, 15) is 9.59 Å². The van der Waals surface area contributed by atoms with Crippen molar-refractivity contribution >= 4 is 23.3 Å². The van der Waals surface area contributed by atoms with Crippen molar-refractivity contribution < 1.29 is 28.9 Å². The number of nitrogens with zero attached hydrogens (tertiary/aromatic N) is 2. The van der Waals surface area contributed by atoms with Gasteiger partial charge in [-0.25, -0.2) is 0 Å². The number of methoxy groups -OCH3 is 1. The minimum absolute atomic E-state index is 0.00937. The van der Waals surface area contributed by atoms with Gasteiger partial charge in [-0.3, -0.25) is 14.5 Å². The molecule has 4 aromatic carbocycles. The molecular weight excluding hydrogens is 606 g/mol. The lowest BCUT2D eigenvalue weighted by Crippen LogP contribution is -2.47. The molecule has 5 rings (SSSR count). The number of aryl methyl sites for hydroxylation is 1. The molecule has 0 radical (unpaired) electrons. The molecule has 0 aliphatic carbocycles. The van der Waals surface area contributed by atoms with E-state index in [0.29, 0.717) is 23.4 Å². The van der Waals surface area contributed by atoms with Crippen molar-refractivity contribution in [2.75, 3.05) is 56.7 Å². The molecule has 0 saturated carbocycles. The van der Waals surface area contributed by atoms with Gasteiger partial charge in [-0.05, 0) is 72.5 Å². The maximum Gasteiger partial charge on any atom is 0.303 e. The number of carboxylic acid groups (broad SMARTS) is 1. The van der Waals surface area contributed by atoms with Crippen LogP contribution in [0.4, 0.5) is 11.4 Å².